The van der Waals surface area contributed by atoms with Crippen molar-refractivity contribution in [3.63, 3.8) is 0 Å². The molecular weight excluding hydrogens is 300 g/mol. The maximum Gasteiger partial charge on any atom is 0.228 e. The van der Waals surface area contributed by atoms with Crippen LogP contribution in [0.25, 0.3) is 0 Å². The van der Waals surface area contributed by atoms with Crippen LogP contribution in [0, 0.1) is 0 Å². The van der Waals surface area contributed by atoms with E-state index in [-0.39, 0.29) is 5.91 Å². The van der Waals surface area contributed by atoms with Gasteiger partial charge in [0, 0.05) is 17.8 Å². The van der Waals surface area contributed by atoms with Crippen LogP contribution < -0.4 is 10.1 Å². The average Bonchev–Trinajstić information content (AvgIpc) is 2.61. The van der Waals surface area contributed by atoms with Crippen LogP contribution in [-0.4, -0.2) is 31.0 Å². The molecular formula is C20H26N2O2. The molecule has 0 radical (unpaired) electrons. The largest absolute Gasteiger partial charge is 0.496 e. The van der Waals surface area contributed by atoms with E-state index in [1.54, 1.807) is 7.11 Å². The molecule has 2 rings (SSSR count). The summed E-state index contributed by atoms with van der Waals surface area (Å²) in [6.07, 6.45) is 0.297. The van der Waals surface area contributed by atoms with Gasteiger partial charge in [0.1, 0.15) is 5.75 Å². The van der Waals surface area contributed by atoms with Gasteiger partial charge in [0.15, 0.2) is 0 Å². The Morgan fingerprint density at radius 3 is 2.33 bits per heavy atom. The molecule has 1 N–H and O–H groups in total. The minimum absolute atomic E-state index is 0.0454. The van der Waals surface area contributed by atoms with Gasteiger partial charge in [-0.2, -0.15) is 0 Å². The molecule has 0 heterocycles. The number of ether oxygens (including phenoxy) is 1. The predicted molar refractivity (Wildman–Crippen MR) is 98.4 cm³/mol. The van der Waals surface area contributed by atoms with Crippen molar-refractivity contribution in [3.8, 4) is 5.75 Å². The Balaban J connectivity index is 1.94. The molecule has 0 saturated heterocycles. The number of amides is 1. The number of anilines is 1. The van der Waals surface area contributed by atoms with Crippen LogP contribution in [0.5, 0.6) is 5.75 Å². The SMILES string of the molecule is CCN(CC)Cc1ccc(NC(=O)Cc2ccccc2OC)cc1. The van der Waals surface area contributed by atoms with Crippen molar-refractivity contribution in [3.05, 3.63) is 59.7 Å². The predicted octanol–water partition coefficient (Wildman–Crippen LogP) is 3.72. The zero-order valence-electron chi connectivity index (χ0n) is 14.7. The highest BCUT2D eigenvalue weighted by atomic mass is 16.5. The van der Waals surface area contributed by atoms with Crippen LogP contribution in [0.1, 0.15) is 25.0 Å². The van der Waals surface area contributed by atoms with Crippen LogP contribution >= 0.6 is 0 Å². The molecule has 0 spiro atoms. The van der Waals surface area contributed by atoms with Gasteiger partial charge < -0.3 is 10.1 Å². The third kappa shape index (κ3) is 5.10. The second-order valence-corrected chi connectivity index (χ2v) is 5.70. The average molecular weight is 326 g/mol. The number of hydrogen-bond donors (Lipinski definition) is 1. The highest BCUT2D eigenvalue weighted by molar-refractivity contribution is 5.92. The van der Waals surface area contributed by atoms with E-state index in [1.165, 1.54) is 5.56 Å². The summed E-state index contributed by atoms with van der Waals surface area (Å²) in [5.41, 5.74) is 2.95. The number of hydrogen-bond acceptors (Lipinski definition) is 3. The van der Waals surface area contributed by atoms with Crippen LogP contribution in [0.3, 0.4) is 0 Å². The van der Waals surface area contributed by atoms with Gasteiger partial charge in [-0.15, -0.1) is 0 Å². The lowest BCUT2D eigenvalue weighted by Crippen LogP contribution is -2.22. The summed E-state index contributed by atoms with van der Waals surface area (Å²) in [5, 5.41) is 2.94. The smallest absolute Gasteiger partial charge is 0.228 e. The Morgan fingerprint density at radius 2 is 1.71 bits per heavy atom. The number of methoxy groups -OCH3 is 1. The summed E-state index contributed by atoms with van der Waals surface area (Å²) in [6.45, 7) is 7.33. The molecule has 0 aliphatic carbocycles. The van der Waals surface area contributed by atoms with Gasteiger partial charge in [0.05, 0.1) is 13.5 Å². The molecule has 0 unspecified atom stereocenters. The molecule has 1 amide bonds. The molecule has 4 nitrogen and oxygen atoms in total. The summed E-state index contributed by atoms with van der Waals surface area (Å²) < 4.78 is 5.29. The minimum atomic E-state index is -0.0454. The molecule has 2 aromatic carbocycles. The van der Waals surface area contributed by atoms with Crippen LogP contribution in [0.15, 0.2) is 48.5 Å². The quantitative estimate of drug-likeness (QED) is 0.804. The highest BCUT2D eigenvalue weighted by Gasteiger charge is 2.09. The van der Waals surface area contributed by atoms with Crippen molar-refractivity contribution >= 4 is 11.6 Å². The molecule has 128 valence electrons. The van der Waals surface area contributed by atoms with Gasteiger partial charge in [0.25, 0.3) is 0 Å². The van der Waals surface area contributed by atoms with Gasteiger partial charge >= 0.3 is 0 Å². The molecule has 0 bridgehead atoms. The molecule has 0 atom stereocenters. The van der Waals surface area contributed by atoms with E-state index in [0.717, 1.165) is 36.6 Å². The lowest BCUT2D eigenvalue weighted by Gasteiger charge is -2.18. The molecule has 24 heavy (non-hydrogen) atoms. The maximum atomic E-state index is 12.2. The number of nitrogens with one attached hydrogen (secondary N) is 1. The van der Waals surface area contributed by atoms with E-state index >= 15 is 0 Å². The maximum absolute atomic E-state index is 12.2. The Bertz CT molecular complexity index is 649. The van der Waals surface area contributed by atoms with Gasteiger partial charge in [-0.05, 0) is 36.9 Å². The van der Waals surface area contributed by atoms with E-state index < -0.39 is 0 Å². The molecule has 4 heteroatoms. The van der Waals surface area contributed by atoms with E-state index in [0.29, 0.717) is 6.42 Å². The van der Waals surface area contributed by atoms with Crippen LogP contribution in [0.4, 0.5) is 5.69 Å². The van der Waals surface area contributed by atoms with Crippen LogP contribution in [-0.2, 0) is 17.8 Å². The Labute approximate surface area is 144 Å². The zero-order chi connectivity index (χ0) is 17.4. The number of carbonyl (C=O) groups excluding carboxylic acids is 1. The van der Waals surface area contributed by atoms with E-state index in [9.17, 15) is 4.79 Å². The fourth-order valence-electron chi connectivity index (χ4n) is 2.63. The topological polar surface area (TPSA) is 41.6 Å². The highest BCUT2D eigenvalue weighted by Crippen LogP contribution is 2.18. The molecule has 0 aliphatic heterocycles. The fourth-order valence-corrected chi connectivity index (χ4v) is 2.63. The van der Waals surface area contributed by atoms with E-state index in [1.807, 2.05) is 36.4 Å². The lowest BCUT2D eigenvalue weighted by molar-refractivity contribution is -0.115. The molecule has 0 saturated carbocycles. The first-order valence-electron chi connectivity index (χ1n) is 8.39. The van der Waals surface area contributed by atoms with Crippen molar-refractivity contribution < 1.29 is 9.53 Å². The van der Waals surface area contributed by atoms with Crippen molar-refractivity contribution in [1.82, 2.24) is 4.90 Å². The molecule has 0 fully saturated rings. The van der Waals surface area contributed by atoms with E-state index in [2.05, 4.69) is 36.2 Å². The molecule has 0 aromatic heterocycles. The van der Waals surface area contributed by atoms with Gasteiger partial charge in [-0.3, -0.25) is 9.69 Å². The van der Waals surface area contributed by atoms with Gasteiger partial charge in [-0.25, -0.2) is 0 Å². The summed E-state index contributed by atoms with van der Waals surface area (Å²) in [4.78, 5) is 14.6. The molecule has 2 aromatic rings. The Hall–Kier alpha value is -2.33. The van der Waals surface area contributed by atoms with Crippen LogP contribution in [0.2, 0.25) is 0 Å². The minimum Gasteiger partial charge on any atom is -0.496 e. The lowest BCUT2D eigenvalue weighted by atomic mass is 10.1. The number of rotatable bonds is 8. The molecule has 0 aliphatic rings. The van der Waals surface area contributed by atoms with Crippen molar-refractivity contribution in [2.24, 2.45) is 0 Å². The van der Waals surface area contributed by atoms with E-state index in [4.69, 9.17) is 4.74 Å². The zero-order valence-corrected chi connectivity index (χ0v) is 14.7. The summed E-state index contributed by atoms with van der Waals surface area (Å²) in [7, 11) is 1.62. The normalized spacial score (nSPS) is 10.7. The standard InChI is InChI=1S/C20H26N2O2/c1-4-22(5-2)15-16-10-12-18(13-11-16)21-20(23)14-17-8-6-7-9-19(17)24-3/h6-13H,4-5,14-15H2,1-3H3,(H,21,23). The number of benzene rings is 2. The number of nitrogens with zero attached hydrogens (tertiary/aromatic N) is 1. The fraction of sp³-hybridized carbons (Fsp3) is 0.350. The van der Waals surface area contributed by atoms with Crippen molar-refractivity contribution in [1.29, 1.82) is 0 Å². The second kappa shape index (κ2) is 9.08. The van der Waals surface area contributed by atoms with Crippen molar-refractivity contribution in [2.45, 2.75) is 26.8 Å². The third-order valence-corrected chi connectivity index (χ3v) is 4.08. The summed E-state index contributed by atoms with van der Waals surface area (Å²) in [6, 6.07) is 15.6. The van der Waals surface area contributed by atoms with Gasteiger partial charge in [0.2, 0.25) is 5.91 Å². The number of carbonyl (C=O) groups is 1. The number of para-hydroxylation sites is 1. The summed E-state index contributed by atoms with van der Waals surface area (Å²) in [5.74, 6) is 0.693. The Kier molecular flexibility index (Phi) is 6.82. The second-order valence-electron chi connectivity index (χ2n) is 5.70. The monoisotopic (exact) mass is 326 g/mol. The van der Waals surface area contributed by atoms with Gasteiger partial charge in [-0.1, -0.05) is 44.2 Å². The first-order valence-corrected chi connectivity index (χ1v) is 8.39. The third-order valence-electron chi connectivity index (χ3n) is 4.08. The van der Waals surface area contributed by atoms with Crippen molar-refractivity contribution in [2.75, 3.05) is 25.5 Å². The summed E-state index contributed by atoms with van der Waals surface area (Å²) >= 11 is 0. The first kappa shape index (κ1) is 18.0. The first-order chi connectivity index (χ1) is 11.7. The Morgan fingerprint density at radius 1 is 1.04 bits per heavy atom.